The molecule has 0 radical (unpaired) electrons. The van der Waals surface area contributed by atoms with Crippen LogP contribution in [-0.4, -0.2) is 30.9 Å². The van der Waals surface area contributed by atoms with Crippen LogP contribution >= 0.6 is 0 Å². The second-order valence-corrected chi connectivity index (χ2v) is 4.42. The van der Waals surface area contributed by atoms with E-state index in [-0.39, 0.29) is 0 Å². The summed E-state index contributed by atoms with van der Waals surface area (Å²) in [6.07, 6.45) is 8.35. The summed E-state index contributed by atoms with van der Waals surface area (Å²) in [5.74, 6) is 2.24. The van der Waals surface area contributed by atoms with Crippen molar-refractivity contribution >= 4 is 5.84 Å². The van der Waals surface area contributed by atoms with Gasteiger partial charge in [-0.05, 0) is 18.8 Å². The third-order valence-electron chi connectivity index (χ3n) is 3.73. The maximum Gasteiger partial charge on any atom is 0.0989 e. The molecule has 1 aliphatic carbocycles. The van der Waals surface area contributed by atoms with E-state index in [1.54, 1.807) is 0 Å². The van der Waals surface area contributed by atoms with Crippen molar-refractivity contribution < 1.29 is 0 Å². The van der Waals surface area contributed by atoms with E-state index in [1.165, 1.54) is 44.4 Å². The number of rotatable bonds is 0. The molecule has 2 atom stereocenters. The van der Waals surface area contributed by atoms with Gasteiger partial charge in [0, 0.05) is 26.6 Å². The van der Waals surface area contributed by atoms with Crippen molar-refractivity contribution in [2.75, 3.05) is 14.1 Å². The largest absolute Gasteiger partial charge is 0.360 e. The van der Waals surface area contributed by atoms with Crippen LogP contribution in [-0.2, 0) is 0 Å². The highest BCUT2D eigenvalue weighted by Gasteiger charge is 2.35. The van der Waals surface area contributed by atoms with Crippen LogP contribution < -0.4 is 0 Å². The smallest absolute Gasteiger partial charge is 0.0989 e. The number of amidine groups is 1. The molecule has 1 aliphatic heterocycles. The highest BCUT2D eigenvalue weighted by molar-refractivity contribution is 5.84. The fourth-order valence-electron chi connectivity index (χ4n) is 2.93. The molecule has 1 saturated heterocycles. The Bertz CT molecular complexity index is 210. The third kappa shape index (κ3) is 1.59. The summed E-state index contributed by atoms with van der Waals surface area (Å²) in [4.78, 5) is 6.79. The molecule has 13 heavy (non-hydrogen) atoms. The first-order valence-electron chi connectivity index (χ1n) is 5.51. The van der Waals surface area contributed by atoms with E-state index < -0.39 is 0 Å². The Morgan fingerprint density at radius 2 is 2.00 bits per heavy atom. The summed E-state index contributed by atoms with van der Waals surface area (Å²) in [6.45, 7) is 0. The summed E-state index contributed by atoms with van der Waals surface area (Å²) in [5.41, 5.74) is 0. The number of fused-ring (bicyclic) bond motifs is 1. The molecule has 1 saturated carbocycles. The molecule has 1 heterocycles. The standard InChI is InChI=1S/C11H20N2/c1-12-11-8-9-6-4-3-5-7-10(9)13(11)2/h9-10H,3-8H2,1-2H3. The normalized spacial score (nSPS) is 37.7. The Morgan fingerprint density at radius 3 is 2.77 bits per heavy atom. The highest BCUT2D eigenvalue weighted by Crippen LogP contribution is 2.35. The number of aliphatic imine (C=N–C) groups is 1. The van der Waals surface area contributed by atoms with Crippen LogP contribution in [0.15, 0.2) is 4.99 Å². The van der Waals surface area contributed by atoms with Crippen LogP contribution in [0, 0.1) is 5.92 Å². The van der Waals surface area contributed by atoms with Gasteiger partial charge in [-0.15, -0.1) is 0 Å². The van der Waals surface area contributed by atoms with Crippen LogP contribution in [0.25, 0.3) is 0 Å². The lowest BCUT2D eigenvalue weighted by molar-refractivity contribution is 0.299. The van der Waals surface area contributed by atoms with Crippen LogP contribution in [0.1, 0.15) is 38.5 Å². The van der Waals surface area contributed by atoms with E-state index in [2.05, 4.69) is 16.9 Å². The third-order valence-corrected chi connectivity index (χ3v) is 3.73. The molecule has 2 fully saturated rings. The van der Waals surface area contributed by atoms with Gasteiger partial charge in [0.05, 0.1) is 5.84 Å². The Morgan fingerprint density at radius 1 is 1.23 bits per heavy atom. The van der Waals surface area contributed by atoms with Crippen LogP contribution in [0.4, 0.5) is 0 Å². The fourth-order valence-corrected chi connectivity index (χ4v) is 2.93. The first kappa shape index (κ1) is 9.04. The lowest BCUT2D eigenvalue weighted by atomic mass is 9.95. The van der Waals surface area contributed by atoms with Gasteiger partial charge in [-0.1, -0.05) is 19.3 Å². The summed E-state index contributed by atoms with van der Waals surface area (Å²) in [7, 11) is 4.15. The average molecular weight is 180 g/mol. The Balaban J connectivity index is 2.11. The fraction of sp³-hybridized carbons (Fsp3) is 0.909. The van der Waals surface area contributed by atoms with Crippen LogP contribution in [0.3, 0.4) is 0 Å². The van der Waals surface area contributed by atoms with E-state index in [0.29, 0.717) is 0 Å². The van der Waals surface area contributed by atoms with E-state index >= 15 is 0 Å². The molecule has 2 unspecified atom stereocenters. The minimum Gasteiger partial charge on any atom is -0.360 e. The first-order chi connectivity index (χ1) is 6.33. The maximum absolute atomic E-state index is 4.37. The van der Waals surface area contributed by atoms with Gasteiger partial charge in [-0.3, -0.25) is 4.99 Å². The van der Waals surface area contributed by atoms with Gasteiger partial charge in [0.15, 0.2) is 0 Å². The number of nitrogens with zero attached hydrogens (tertiary/aromatic N) is 2. The molecule has 0 amide bonds. The average Bonchev–Trinajstić information content (AvgIpc) is 2.37. The van der Waals surface area contributed by atoms with Gasteiger partial charge in [-0.25, -0.2) is 0 Å². The quantitative estimate of drug-likeness (QED) is 0.558. The van der Waals surface area contributed by atoms with E-state index in [4.69, 9.17) is 0 Å². The highest BCUT2D eigenvalue weighted by atomic mass is 15.2. The summed E-state index contributed by atoms with van der Waals surface area (Å²) < 4.78 is 0. The monoisotopic (exact) mass is 180 g/mol. The zero-order valence-electron chi connectivity index (χ0n) is 8.79. The van der Waals surface area contributed by atoms with Gasteiger partial charge >= 0.3 is 0 Å². The van der Waals surface area contributed by atoms with Crippen molar-refractivity contribution in [3.8, 4) is 0 Å². The van der Waals surface area contributed by atoms with Crippen LogP contribution in [0.5, 0.6) is 0 Å². The van der Waals surface area contributed by atoms with E-state index in [0.717, 1.165) is 12.0 Å². The lowest BCUT2D eigenvalue weighted by Gasteiger charge is -2.23. The summed E-state index contributed by atoms with van der Waals surface area (Å²) in [5, 5.41) is 0. The predicted octanol–water partition coefficient (Wildman–Crippen LogP) is 2.30. The van der Waals surface area contributed by atoms with Gasteiger partial charge in [0.25, 0.3) is 0 Å². The molecule has 0 spiro atoms. The van der Waals surface area contributed by atoms with Gasteiger partial charge in [-0.2, -0.15) is 0 Å². The Labute approximate surface area is 81.0 Å². The topological polar surface area (TPSA) is 15.6 Å². The molecule has 2 rings (SSSR count). The zero-order chi connectivity index (χ0) is 9.26. The molecule has 2 aliphatic rings. The molecule has 2 nitrogen and oxygen atoms in total. The van der Waals surface area contributed by atoms with Crippen molar-refractivity contribution in [2.45, 2.75) is 44.6 Å². The number of hydrogen-bond acceptors (Lipinski definition) is 1. The minimum atomic E-state index is 0.807. The number of likely N-dealkylation sites (tertiary alicyclic amines) is 1. The van der Waals surface area contributed by atoms with Crippen molar-refractivity contribution in [2.24, 2.45) is 10.9 Å². The van der Waals surface area contributed by atoms with E-state index in [1.807, 2.05) is 7.05 Å². The van der Waals surface area contributed by atoms with Crippen LogP contribution in [0.2, 0.25) is 0 Å². The van der Waals surface area contributed by atoms with Crippen molar-refractivity contribution in [1.29, 1.82) is 0 Å². The van der Waals surface area contributed by atoms with Gasteiger partial charge in [0.2, 0.25) is 0 Å². The molecular weight excluding hydrogens is 160 g/mol. The predicted molar refractivity (Wildman–Crippen MR) is 56.1 cm³/mol. The van der Waals surface area contributed by atoms with E-state index in [9.17, 15) is 0 Å². The molecule has 0 N–H and O–H groups in total. The van der Waals surface area contributed by atoms with Gasteiger partial charge < -0.3 is 4.90 Å². The second kappa shape index (κ2) is 3.69. The number of hydrogen-bond donors (Lipinski definition) is 0. The van der Waals surface area contributed by atoms with Crippen molar-refractivity contribution in [3.63, 3.8) is 0 Å². The molecule has 74 valence electrons. The zero-order valence-corrected chi connectivity index (χ0v) is 8.79. The molecule has 0 aromatic carbocycles. The van der Waals surface area contributed by atoms with Gasteiger partial charge in [0.1, 0.15) is 0 Å². The van der Waals surface area contributed by atoms with Crippen molar-refractivity contribution in [1.82, 2.24) is 4.90 Å². The molecule has 2 heteroatoms. The Hall–Kier alpha value is -0.530. The SMILES string of the molecule is CN=C1CC2CCCCCC2N1C. The molecule has 0 aromatic rings. The molecular formula is C11H20N2. The lowest BCUT2D eigenvalue weighted by Crippen LogP contribution is -2.30. The first-order valence-corrected chi connectivity index (χ1v) is 5.51. The van der Waals surface area contributed by atoms with Crippen molar-refractivity contribution in [3.05, 3.63) is 0 Å². The molecule has 0 aromatic heterocycles. The molecule has 0 bridgehead atoms. The summed E-state index contributed by atoms with van der Waals surface area (Å²) in [6, 6.07) is 0.807. The maximum atomic E-state index is 4.37. The Kier molecular flexibility index (Phi) is 2.56. The minimum absolute atomic E-state index is 0.807. The second-order valence-electron chi connectivity index (χ2n) is 4.42. The summed E-state index contributed by atoms with van der Waals surface area (Å²) >= 11 is 0.